The molecule has 9 heteroatoms. The van der Waals surface area contributed by atoms with E-state index < -0.39 is 11.2 Å². The maximum absolute atomic E-state index is 12.4. The standard InChI is InChI=1S/C17H23N5O2S2/c1-10(15(24)20-16-12(14(18)23)8-9-25-16)26-17-19-13(21-22-17)7-6-11-4-2-3-5-11/h8-11H,2-7H2,1H3,(H2,18,23)(H,20,24)(H,19,21,22)/t10-/m0/s1. The molecule has 1 saturated carbocycles. The Balaban J connectivity index is 1.50. The molecule has 140 valence electrons. The van der Waals surface area contributed by atoms with Gasteiger partial charge in [0.2, 0.25) is 11.1 Å². The highest BCUT2D eigenvalue weighted by molar-refractivity contribution is 8.00. The smallest absolute Gasteiger partial charge is 0.251 e. The lowest BCUT2D eigenvalue weighted by molar-refractivity contribution is -0.115. The first-order chi connectivity index (χ1) is 12.5. The van der Waals surface area contributed by atoms with Gasteiger partial charge >= 0.3 is 0 Å². The van der Waals surface area contributed by atoms with Crippen LogP contribution in [-0.2, 0) is 11.2 Å². The lowest BCUT2D eigenvalue weighted by Crippen LogP contribution is -2.23. The number of amides is 2. The number of hydrogen-bond acceptors (Lipinski definition) is 6. The molecule has 0 spiro atoms. The van der Waals surface area contributed by atoms with Crippen molar-refractivity contribution in [3.8, 4) is 0 Å². The Morgan fingerprint density at radius 3 is 2.96 bits per heavy atom. The molecule has 2 amide bonds. The third-order valence-electron chi connectivity index (χ3n) is 4.59. The minimum absolute atomic E-state index is 0.211. The first-order valence-corrected chi connectivity index (χ1v) is 10.5. The maximum atomic E-state index is 12.4. The van der Waals surface area contributed by atoms with Crippen molar-refractivity contribution in [2.45, 2.75) is 55.9 Å². The summed E-state index contributed by atoms with van der Waals surface area (Å²) in [4.78, 5) is 28.2. The van der Waals surface area contributed by atoms with Gasteiger partial charge in [0.1, 0.15) is 10.8 Å². The van der Waals surface area contributed by atoms with Crippen LogP contribution in [0.2, 0.25) is 0 Å². The number of primary amides is 1. The zero-order valence-electron chi connectivity index (χ0n) is 14.7. The number of nitrogens with one attached hydrogen (secondary N) is 2. The molecule has 7 nitrogen and oxygen atoms in total. The minimum Gasteiger partial charge on any atom is -0.366 e. The molecule has 1 aliphatic rings. The highest BCUT2D eigenvalue weighted by atomic mass is 32.2. The molecule has 0 saturated heterocycles. The van der Waals surface area contributed by atoms with Crippen LogP contribution < -0.4 is 11.1 Å². The Bertz CT molecular complexity index is 767. The first kappa shape index (κ1) is 18.9. The van der Waals surface area contributed by atoms with Crippen LogP contribution in [0.5, 0.6) is 0 Å². The van der Waals surface area contributed by atoms with Crippen molar-refractivity contribution in [1.29, 1.82) is 0 Å². The molecule has 2 aromatic rings. The quantitative estimate of drug-likeness (QED) is 0.596. The van der Waals surface area contributed by atoms with Crippen LogP contribution in [0.15, 0.2) is 16.6 Å². The largest absolute Gasteiger partial charge is 0.366 e. The van der Waals surface area contributed by atoms with Gasteiger partial charge < -0.3 is 11.1 Å². The highest BCUT2D eigenvalue weighted by Gasteiger charge is 2.20. The fourth-order valence-electron chi connectivity index (χ4n) is 3.11. The summed E-state index contributed by atoms with van der Waals surface area (Å²) >= 11 is 2.56. The van der Waals surface area contributed by atoms with Crippen molar-refractivity contribution in [2.75, 3.05) is 5.32 Å². The third-order valence-corrected chi connectivity index (χ3v) is 6.39. The second kappa shape index (κ2) is 8.68. The molecular formula is C17H23N5O2S2. The van der Waals surface area contributed by atoms with Crippen LogP contribution in [0.1, 0.15) is 55.2 Å². The van der Waals surface area contributed by atoms with Gasteiger partial charge in [-0.05, 0) is 30.7 Å². The van der Waals surface area contributed by atoms with Crippen molar-refractivity contribution < 1.29 is 9.59 Å². The second-order valence-corrected chi connectivity index (χ2v) is 8.75. The number of rotatable bonds is 8. The number of nitrogens with zero attached hydrogens (tertiary/aromatic N) is 2. The van der Waals surface area contributed by atoms with Gasteiger partial charge in [0.15, 0.2) is 0 Å². The molecule has 1 aliphatic carbocycles. The van der Waals surface area contributed by atoms with E-state index in [1.54, 1.807) is 18.4 Å². The van der Waals surface area contributed by atoms with Crippen LogP contribution in [0.25, 0.3) is 0 Å². The van der Waals surface area contributed by atoms with Crippen molar-refractivity contribution in [3.05, 3.63) is 22.8 Å². The van der Waals surface area contributed by atoms with Crippen molar-refractivity contribution in [2.24, 2.45) is 11.7 Å². The van der Waals surface area contributed by atoms with E-state index in [-0.39, 0.29) is 5.91 Å². The number of aromatic nitrogens is 3. The van der Waals surface area contributed by atoms with Gasteiger partial charge in [0.05, 0.1) is 10.8 Å². The molecule has 0 bridgehead atoms. The molecule has 2 heterocycles. The Morgan fingerprint density at radius 1 is 1.46 bits per heavy atom. The number of thiophene rings is 1. The number of aromatic amines is 1. The summed E-state index contributed by atoms with van der Waals surface area (Å²) < 4.78 is 0. The number of H-pyrrole nitrogens is 1. The predicted octanol–water partition coefficient (Wildman–Crippen LogP) is 3.21. The van der Waals surface area contributed by atoms with Gasteiger partial charge in [-0.15, -0.1) is 16.4 Å². The number of nitrogens with two attached hydrogens (primary N) is 1. The average Bonchev–Trinajstić information content (AvgIpc) is 3.34. The Hall–Kier alpha value is -1.87. The van der Waals surface area contributed by atoms with E-state index in [1.807, 2.05) is 0 Å². The molecule has 0 aromatic carbocycles. The molecule has 1 atom stereocenters. The number of hydrogen-bond donors (Lipinski definition) is 3. The van der Waals surface area contributed by atoms with E-state index in [4.69, 9.17) is 5.73 Å². The molecule has 3 rings (SSSR count). The third kappa shape index (κ3) is 4.85. The van der Waals surface area contributed by atoms with Crippen LogP contribution in [0.4, 0.5) is 5.00 Å². The number of carbonyl (C=O) groups excluding carboxylic acids is 2. The van der Waals surface area contributed by atoms with Gasteiger partial charge in [0.25, 0.3) is 5.91 Å². The Labute approximate surface area is 160 Å². The maximum Gasteiger partial charge on any atom is 0.251 e. The molecule has 26 heavy (non-hydrogen) atoms. The SMILES string of the molecule is C[C@H](Sc1n[nH]c(CCC2CCCC2)n1)C(=O)Nc1sccc1C(N)=O. The van der Waals surface area contributed by atoms with Gasteiger partial charge in [-0.3, -0.25) is 14.7 Å². The van der Waals surface area contributed by atoms with Crippen LogP contribution in [-0.4, -0.2) is 32.2 Å². The minimum atomic E-state index is -0.553. The van der Waals surface area contributed by atoms with E-state index in [0.717, 1.165) is 24.6 Å². The molecule has 2 aromatic heterocycles. The highest BCUT2D eigenvalue weighted by Crippen LogP contribution is 2.29. The van der Waals surface area contributed by atoms with Crippen molar-refractivity contribution in [1.82, 2.24) is 15.2 Å². The predicted molar refractivity (Wildman–Crippen MR) is 103 cm³/mol. The first-order valence-electron chi connectivity index (χ1n) is 8.79. The number of aryl methyl sites for hydroxylation is 1. The van der Waals surface area contributed by atoms with E-state index >= 15 is 0 Å². The Morgan fingerprint density at radius 2 is 2.23 bits per heavy atom. The summed E-state index contributed by atoms with van der Waals surface area (Å²) in [6.07, 6.45) is 7.37. The molecule has 4 N–H and O–H groups in total. The molecule has 0 aliphatic heterocycles. The molecule has 1 fully saturated rings. The lowest BCUT2D eigenvalue weighted by Gasteiger charge is -2.09. The van der Waals surface area contributed by atoms with Crippen molar-refractivity contribution >= 4 is 39.9 Å². The van der Waals surface area contributed by atoms with Gasteiger partial charge in [0, 0.05) is 6.42 Å². The second-order valence-electron chi connectivity index (χ2n) is 6.53. The zero-order chi connectivity index (χ0) is 18.5. The van der Waals surface area contributed by atoms with E-state index in [9.17, 15) is 9.59 Å². The molecular weight excluding hydrogens is 370 g/mol. The molecule has 0 radical (unpaired) electrons. The summed E-state index contributed by atoms with van der Waals surface area (Å²) in [5.41, 5.74) is 5.62. The normalized spacial score (nSPS) is 15.9. The van der Waals surface area contributed by atoms with Crippen LogP contribution in [0, 0.1) is 5.92 Å². The summed E-state index contributed by atoms with van der Waals surface area (Å²) in [6.45, 7) is 1.78. The van der Waals surface area contributed by atoms with Gasteiger partial charge in [-0.25, -0.2) is 4.98 Å². The van der Waals surface area contributed by atoms with Crippen LogP contribution in [0.3, 0.4) is 0 Å². The summed E-state index contributed by atoms with van der Waals surface area (Å²) in [5, 5.41) is 12.3. The fourth-order valence-corrected chi connectivity index (χ4v) is 4.65. The van der Waals surface area contributed by atoms with E-state index in [2.05, 4.69) is 20.5 Å². The summed E-state index contributed by atoms with van der Waals surface area (Å²) in [7, 11) is 0. The summed E-state index contributed by atoms with van der Waals surface area (Å²) in [5.74, 6) is 0.924. The number of carbonyl (C=O) groups is 2. The average molecular weight is 394 g/mol. The van der Waals surface area contributed by atoms with Gasteiger partial charge in [-0.2, -0.15) is 0 Å². The Kier molecular flexibility index (Phi) is 6.31. The topological polar surface area (TPSA) is 114 Å². The molecule has 0 unspecified atom stereocenters. The summed E-state index contributed by atoms with van der Waals surface area (Å²) in [6, 6.07) is 1.60. The number of anilines is 1. The van der Waals surface area contributed by atoms with Gasteiger partial charge in [-0.1, -0.05) is 37.4 Å². The monoisotopic (exact) mass is 393 g/mol. The van der Waals surface area contributed by atoms with E-state index in [0.29, 0.717) is 15.7 Å². The number of thioether (sulfide) groups is 1. The lowest BCUT2D eigenvalue weighted by atomic mass is 10.0. The van der Waals surface area contributed by atoms with Crippen LogP contribution >= 0.6 is 23.1 Å². The van der Waals surface area contributed by atoms with E-state index in [1.165, 1.54) is 48.8 Å². The van der Waals surface area contributed by atoms with Crippen molar-refractivity contribution in [3.63, 3.8) is 0 Å². The zero-order valence-corrected chi connectivity index (χ0v) is 16.3. The fraction of sp³-hybridized carbons (Fsp3) is 0.529.